The smallest absolute Gasteiger partial charge is 0.353 e. The molecule has 25 heavy (non-hydrogen) atoms. The standard InChI is InChI=1S/C20H31O4P/c1-19(2,3)16-13-15(14-17(18(16)21)20(4,5)6)11-9-10-12-25(22,23-7)24-8/h9-14,21H,1-8H3/b11-9+,12-10+. The van der Waals surface area contributed by atoms with Gasteiger partial charge in [-0.05, 0) is 28.5 Å². The number of aromatic hydroxyl groups is 1. The molecule has 0 aliphatic heterocycles. The summed E-state index contributed by atoms with van der Waals surface area (Å²) >= 11 is 0. The Hall–Kier alpha value is -1.35. The Morgan fingerprint density at radius 1 is 0.920 bits per heavy atom. The van der Waals surface area contributed by atoms with E-state index in [2.05, 4.69) is 41.5 Å². The first kappa shape index (κ1) is 21.7. The number of allylic oxidation sites excluding steroid dienone is 2. The third-order valence-corrected chi connectivity index (χ3v) is 5.48. The third kappa shape index (κ3) is 5.85. The summed E-state index contributed by atoms with van der Waals surface area (Å²) in [5.41, 5.74) is 2.44. The molecule has 4 nitrogen and oxygen atoms in total. The molecular formula is C20H31O4P. The highest BCUT2D eigenvalue weighted by Gasteiger charge is 2.26. The first-order chi connectivity index (χ1) is 11.3. The molecule has 0 aliphatic rings. The summed E-state index contributed by atoms with van der Waals surface area (Å²) < 4.78 is 21.7. The minimum atomic E-state index is -3.15. The minimum Gasteiger partial charge on any atom is -0.507 e. The molecular weight excluding hydrogens is 335 g/mol. The fourth-order valence-corrected chi connectivity index (χ4v) is 3.12. The summed E-state index contributed by atoms with van der Waals surface area (Å²) in [6, 6.07) is 3.97. The van der Waals surface area contributed by atoms with Gasteiger partial charge in [-0.2, -0.15) is 0 Å². The van der Waals surface area contributed by atoms with E-state index in [0.717, 1.165) is 16.7 Å². The quantitative estimate of drug-likeness (QED) is 0.513. The Morgan fingerprint density at radius 2 is 1.36 bits per heavy atom. The predicted octanol–water partition coefficient (Wildman–Crippen LogP) is 6.00. The van der Waals surface area contributed by atoms with Gasteiger partial charge in [-0.15, -0.1) is 0 Å². The maximum atomic E-state index is 12.0. The fraction of sp³-hybridized carbons (Fsp3) is 0.500. The van der Waals surface area contributed by atoms with Gasteiger partial charge >= 0.3 is 7.60 Å². The van der Waals surface area contributed by atoms with Crippen LogP contribution in [0.3, 0.4) is 0 Å². The van der Waals surface area contributed by atoms with Crippen molar-refractivity contribution in [2.75, 3.05) is 14.2 Å². The number of rotatable bonds is 5. The lowest BCUT2D eigenvalue weighted by atomic mass is 9.78. The van der Waals surface area contributed by atoms with Crippen molar-refractivity contribution < 1.29 is 18.7 Å². The first-order valence-electron chi connectivity index (χ1n) is 8.29. The maximum absolute atomic E-state index is 12.0. The molecule has 1 N–H and O–H groups in total. The zero-order valence-electron chi connectivity index (χ0n) is 16.6. The van der Waals surface area contributed by atoms with Crippen molar-refractivity contribution in [1.82, 2.24) is 0 Å². The highest BCUT2D eigenvalue weighted by molar-refractivity contribution is 7.57. The van der Waals surface area contributed by atoms with Crippen LogP contribution in [0.5, 0.6) is 5.75 Å². The van der Waals surface area contributed by atoms with Crippen molar-refractivity contribution >= 4 is 13.7 Å². The molecule has 0 heterocycles. The largest absolute Gasteiger partial charge is 0.507 e. The van der Waals surface area contributed by atoms with Gasteiger partial charge in [0.15, 0.2) is 0 Å². The van der Waals surface area contributed by atoms with Gasteiger partial charge in [-0.1, -0.05) is 59.8 Å². The van der Waals surface area contributed by atoms with Crippen molar-refractivity contribution in [3.8, 4) is 5.75 Å². The molecule has 0 spiro atoms. The third-order valence-electron chi connectivity index (χ3n) is 3.93. The summed E-state index contributed by atoms with van der Waals surface area (Å²) in [6.45, 7) is 12.5. The lowest BCUT2D eigenvalue weighted by Crippen LogP contribution is -2.17. The molecule has 140 valence electrons. The van der Waals surface area contributed by atoms with Crippen molar-refractivity contribution in [2.45, 2.75) is 52.4 Å². The minimum absolute atomic E-state index is 0.175. The number of phenols is 1. The van der Waals surface area contributed by atoms with Gasteiger partial charge in [0.25, 0.3) is 0 Å². The molecule has 0 unspecified atom stereocenters. The Balaban J connectivity index is 3.31. The van der Waals surface area contributed by atoms with E-state index >= 15 is 0 Å². The molecule has 0 atom stereocenters. The Bertz CT molecular complexity index is 660. The van der Waals surface area contributed by atoms with Crippen molar-refractivity contribution in [1.29, 1.82) is 0 Å². The maximum Gasteiger partial charge on any atom is 0.353 e. The highest BCUT2D eigenvalue weighted by atomic mass is 31.2. The Kier molecular flexibility index (Phi) is 6.86. The Labute approximate surface area is 152 Å². The average molecular weight is 366 g/mol. The van der Waals surface area contributed by atoms with Gasteiger partial charge in [0.05, 0.1) is 0 Å². The van der Waals surface area contributed by atoms with Crippen LogP contribution in [-0.2, 0) is 24.4 Å². The fourth-order valence-electron chi connectivity index (χ4n) is 2.41. The van der Waals surface area contributed by atoms with Crippen LogP contribution in [0.2, 0.25) is 0 Å². The highest BCUT2D eigenvalue weighted by Crippen LogP contribution is 2.47. The number of phenolic OH excluding ortho intramolecular Hbond substituents is 1. The molecule has 5 heteroatoms. The van der Waals surface area contributed by atoms with Crippen LogP contribution in [0, 0.1) is 0 Å². The normalized spacial score (nSPS) is 13.9. The average Bonchev–Trinajstić information content (AvgIpc) is 2.50. The van der Waals surface area contributed by atoms with Gasteiger partial charge in [0, 0.05) is 31.2 Å². The summed E-state index contributed by atoms with van der Waals surface area (Å²) in [4.78, 5) is 0. The first-order valence-corrected chi connectivity index (χ1v) is 9.90. The molecule has 0 saturated heterocycles. The molecule has 0 radical (unpaired) electrons. The number of hydrogen-bond acceptors (Lipinski definition) is 4. The van der Waals surface area contributed by atoms with Gasteiger partial charge in [0.1, 0.15) is 5.75 Å². The van der Waals surface area contributed by atoms with E-state index < -0.39 is 7.60 Å². The molecule has 1 rings (SSSR count). The zero-order chi connectivity index (χ0) is 19.5. The topological polar surface area (TPSA) is 55.8 Å². The van der Waals surface area contributed by atoms with Crippen molar-refractivity contribution in [3.63, 3.8) is 0 Å². The van der Waals surface area contributed by atoms with E-state index in [4.69, 9.17) is 9.05 Å². The molecule has 1 aromatic carbocycles. The molecule has 0 bridgehead atoms. The second kappa shape index (κ2) is 7.90. The van der Waals surface area contributed by atoms with E-state index in [9.17, 15) is 9.67 Å². The Morgan fingerprint density at radius 3 is 1.72 bits per heavy atom. The van der Waals surface area contributed by atoms with E-state index in [-0.39, 0.29) is 10.8 Å². The van der Waals surface area contributed by atoms with Crippen LogP contribution in [0.25, 0.3) is 6.08 Å². The molecule has 0 aromatic heterocycles. The van der Waals surface area contributed by atoms with Gasteiger partial charge < -0.3 is 14.2 Å². The summed E-state index contributed by atoms with van der Waals surface area (Å²) in [5.74, 6) is 1.77. The lowest BCUT2D eigenvalue weighted by Gasteiger charge is -2.27. The van der Waals surface area contributed by atoms with Gasteiger partial charge in [0.2, 0.25) is 0 Å². The second-order valence-corrected chi connectivity index (χ2v) is 10.2. The van der Waals surface area contributed by atoms with Crippen molar-refractivity contribution in [2.24, 2.45) is 0 Å². The number of benzene rings is 1. The van der Waals surface area contributed by atoms with E-state index in [0.29, 0.717) is 5.75 Å². The molecule has 0 saturated carbocycles. The van der Waals surface area contributed by atoms with Crippen LogP contribution < -0.4 is 0 Å². The van der Waals surface area contributed by atoms with E-state index in [1.165, 1.54) is 20.0 Å². The molecule has 1 aromatic rings. The van der Waals surface area contributed by atoms with Crippen LogP contribution in [0.15, 0.2) is 30.1 Å². The summed E-state index contributed by atoms with van der Waals surface area (Å²) in [5, 5.41) is 10.7. The second-order valence-electron chi connectivity index (χ2n) is 8.07. The lowest BCUT2D eigenvalue weighted by molar-refractivity contribution is 0.286. The van der Waals surface area contributed by atoms with Crippen LogP contribution in [0.1, 0.15) is 58.2 Å². The van der Waals surface area contributed by atoms with E-state index in [1.807, 2.05) is 18.2 Å². The molecule has 0 fully saturated rings. The zero-order valence-corrected chi connectivity index (χ0v) is 17.5. The van der Waals surface area contributed by atoms with Crippen LogP contribution in [-0.4, -0.2) is 19.3 Å². The molecule has 0 aliphatic carbocycles. The SMILES string of the molecule is COP(=O)(/C=C/C=C/c1cc(C(C)(C)C)c(O)c(C(C)(C)C)c1)OC. The number of hydrogen-bond donors (Lipinski definition) is 1. The molecule has 0 amide bonds. The van der Waals surface area contributed by atoms with Crippen molar-refractivity contribution in [3.05, 3.63) is 46.8 Å². The monoisotopic (exact) mass is 366 g/mol. The van der Waals surface area contributed by atoms with Gasteiger partial charge in [-0.25, -0.2) is 0 Å². The van der Waals surface area contributed by atoms with Crippen LogP contribution >= 0.6 is 7.60 Å². The van der Waals surface area contributed by atoms with E-state index in [1.54, 1.807) is 12.2 Å². The van der Waals surface area contributed by atoms with Gasteiger partial charge in [-0.3, -0.25) is 4.57 Å². The summed E-state index contributed by atoms with van der Waals surface area (Å²) in [6.07, 6.45) is 5.35. The van der Waals surface area contributed by atoms with Crippen LogP contribution in [0.4, 0.5) is 0 Å². The summed E-state index contributed by atoms with van der Waals surface area (Å²) in [7, 11) is -0.453. The predicted molar refractivity (Wildman–Crippen MR) is 105 cm³/mol.